The number of hydrogen-bond donors (Lipinski definition) is 2. The number of anilines is 1. The fourth-order valence-corrected chi connectivity index (χ4v) is 2.18. The van der Waals surface area contributed by atoms with Crippen molar-refractivity contribution in [2.45, 2.75) is 25.8 Å². The zero-order chi connectivity index (χ0) is 13.8. The number of carbonyl (C=O) groups excluding carboxylic acids is 2. The highest BCUT2D eigenvalue weighted by Gasteiger charge is 2.23. The molecule has 0 spiro atoms. The molecule has 1 aliphatic rings. The Bertz CT molecular complexity index is 483. The van der Waals surface area contributed by atoms with Crippen molar-refractivity contribution in [3.8, 4) is 0 Å². The highest BCUT2D eigenvalue weighted by atomic mass is 16.2. The molecule has 6 heteroatoms. The molecule has 19 heavy (non-hydrogen) atoms. The van der Waals surface area contributed by atoms with Crippen LogP contribution in [0.3, 0.4) is 0 Å². The van der Waals surface area contributed by atoms with E-state index in [1.807, 2.05) is 11.8 Å². The number of pyridine rings is 1. The summed E-state index contributed by atoms with van der Waals surface area (Å²) in [6.45, 7) is 3.46. The topological polar surface area (TPSA) is 88.3 Å². The zero-order valence-corrected chi connectivity index (χ0v) is 10.9. The lowest BCUT2D eigenvalue weighted by molar-refractivity contribution is -0.130. The van der Waals surface area contributed by atoms with Crippen molar-refractivity contribution in [2.75, 3.05) is 18.4 Å². The van der Waals surface area contributed by atoms with Crippen molar-refractivity contribution in [3.05, 3.63) is 24.0 Å². The van der Waals surface area contributed by atoms with Gasteiger partial charge in [0.2, 0.25) is 5.91 Å². The molecule has 0 radical (unpaired) electrons. The molecule has 1 aromatic rings. The molecule has 0 saturated carbocycles. The van der Waals surface area contributed by atoms with E-state index in [1.54, 1.807) is 12.1 Å². The molecule has 102 valence electrons. The first-order valence-corrected chi connectivity index (χ1v) is 6.39. The van der Waals surface area contributed by atoms with Gasteiger partial charge in [-0.15, -0.1) is 0 Å². The number of nitrogens with two attached hydrogens (primary N) is 1. The van der Waals surface area contributed by atoms with Crippen LogP contribution in [0.2, 0.25) is 0 Å². The number of nitrogens with zero attached hydrogens (tertiary/aromatic N) is 2. The molecule has 1 aliphatic heterocycles. The molecule has 1 fully saturated rings. The Hall–Kier alpha value is -2.11. The second-order valence-electron chi connectivity index (χ2n) is 4.69. The van der Waals surface area contributed by atoms with Crippen LogP contribution in [0, 0.1) is 0 Å². The van der Waals surface area contributed by atoms with E-state index in [-0.39, 0.29) is 17.6 Å². The van der Waals surface area contributed by atoms with Gasteiger partial charge >= 0.3 is 0 Å². The van der Waals surface area contributed by atoms with E-state index in [9.17, 15) is 9.59 Å². The van der Waals surface area contributed by atoms with Crippen LogP contribution in [0.25, 0.3) is 0 Å². The van der Waals surface area contributed by atoms with Crippen molar-refractivity contribution in [3.63, 3.8) is 0 Å². The molecule has 0 aliphatic carbocycles. The van der Waals surface area contributed by atoms with Crippen LogP contribution in [0.4, 0.5) is 5.69 Å². The summed E-state index contributed by atoms with van der Waals surface area (Å²) in [5.74, 6) is -0.503. The summed E-state index contributed by atoms with van der Waals surface area (Å²) in [7, 11) is 0. The smallest absolute Gasteiger partial charge is 0.267 e. The van der Waals surface area contributed by atoms with Crippen LogP contribution in [0.15, 0.2) is 18.3 Å². The number of amides is 2. The summed E-state index contributed by atoms with van der Waals surface area (Å²) in [5, 5.41) is 3.07. The van der Waals surface area contributed by atoms with E-state index in [2.05, 4.69) is 10.3 Å². The van der Waals surface area contributed by atoms with E-state index >= 15 is 0 Å². The first-order valence-electron chi connectivity index (χ1n) is 6.39. The van der Waals surface area contributed by atoms with E-state index in [4.69, 9.17) is 5.73 Å². The van der Waals surface area contributed by atoms with Gasteiger partial charge in [0.1, 0.15) is 11.7 Å². The number of likely N-dealkylation sites (tertiary alicyclic amines) is 1. The molecule has 2 heterocycles. The van der Waals surface area contributed by atoms with Gasteiger partial charge < -0.3 is 16.0 Å². The molecule has 0 bridgehead atoms. The van der Waals surface area contributed by atoms with Crippen molar-refractivity contribution in [1.29, 1.82) is 0 Å². The van der Waals surface area contributed by atoms with Crippen LogP contribution < -0.4 is 11.1 Å². The van der Waals surface area contributed by atoms with E-state index in [0.29, 0.717) is 5.69 Å². The Morgan fingerprint density at radius 2 is 2.11 bits per heavy atom. The fraction of sp³-hybridized carbons (Fsp3) is 0.462. The van der Waals surface area contributed by atoms with Crippen molar-refractivity contribution in [2.24, 2.45) is 5.73 Å². The van der Waals surface area contributed by atoms with Gasteiger partial charge in [0.05, 0.1) is 0 Å². The van der Waals surface area contributed by atoms with Gasteiger partial charge in [-0.25, -0.2) is 0 Å². The summed E-state index contributed by atoms with van der Waals surface area (Å²) in [6.07, 6.45) is 3.63. The number of primary amides is 1. The maximum Gasteiger partial charge on any atom is 0.267 e. The Labute approximate surface area is 112 Å². The lowest BCUT2D eigenvalue weighted by atomic mass is 10.2. The van der Waals surface area contributed by atoms with Crippen LogP contribution in [-0.4, -0.2) is 40.8 Å². The number of rotatable bonds is 4. The quantitative estimate of drug-likeness (QED) is 0.831. The average molecular weight is 262 g/mol. The van der Waals surface area contributed by atoms with E-state index in [1.165, 1.54) is 6.20 Å². The number of carbonyl (C=O) groups is 2. The van der Waals surface area contributed by atoms with Crippen LogP contribution in [-0.2, 0) is 4.79 Å². The Kier molecular flexibility index (Phi) is 3.99. The monoisotopic (exact) mass is 262 g/mol. The molecular formula is C13H18N4O2. The molecule has 1 aromatic heterocycles. The van der Waals surface area contributed by atoms with Gasteiger partial charge in [-0.1, -0.05) is 0 Å². The Morgan fingerprint density at radius 1 is 1.42 bits per heavy atom. The largest absolute Gasteiger partial charge is 0.374 e. The average Bonchev–Trinajstić information content (AvgIpc) is 2.92. The molecule has 1 atom stereocenters. The second-order valence-corrected chi connectivity index (χ2v) is 4.69. The number of hydrogen-bond acceptors (Lipinski definition) is 4. The van der Waals surface area contributed by atoms with Crippen molar-refractivity contribution >= 4 is 17.5 Å². The highest BCUT2D eigenvalue weighted by molar-refractivity contribution is 5.92. The molecule has 1 unspecified atom stereocenters. The predicted octanol–water partition coefficient (Wildman–Crippen LogP) is 0.603. The fourth-order valence-electron chi connectivity index (χ4n) is 2.18. The van der Waals surface area contributed by atoms with E-state index < -0.39 is 5.91 Å². The number of nitrogens with one attached hydrogen (secondary N) is 1. The Balaban J connectivity index is 2.01. The SMILES string of the molecule is CC(Nc1ccnc(C(N)=O)c1)C(=O)N1CCCC1. The molecule has 2 amide bonds. The minimum absolute atomic E-state index is 0.0786. The summed E-state index contributed by atoms with van der Waals surface area (Å²) < 4.78 is 0. The standard InChI is InChI=1S/C13H18N4O2/c1-9(13(19)17-6-2-3-7-17)16-10-4-5-15-11(8-10)12(14)18/h4-5,8-9H,2-3,6-7H2,1H3,(H2,14,18)(H,15,16). The van der Waals surface area contributed by atoms with Gasteiger partial charge in [-0.3, -0.25) is 14.6 Å². The van der Waals surface area contributed by atoms with Crippen LogP contribution >= 0.6 is 0 Å². The normalized spacial score (nSPS) is 16.2. The van der Waals surface area contributed by atoms with Gasteiger partial charge in [0.25, 0.3) is 5.91 Å². The van der Waals surface area contributed by atoms with Gasteiger partial charge in [-0.05, 0) is 31.9 Å². The maximum atomic E-state index is 12.1. The summed E-state index contributed by atoms with van der Waals surface area (Å²) in [5.41, 5.74) is 6.02. The predicted molar refractivity (Wildman–Crippen MR) is 71.7 cm³/mol. The minimum atomic E-state index is -0.581. The zero-order valence-electron chi connectivity index (χ0n) is 10.9. The van der Waals surface area contributed by atoms with Gasteiger partial charge in [-0.2, -0.15) is 0 Å². The summed E-state index contributed by atoms with van der Waals surface area (Å²) in [4.78, 5) is 28.9. The molecule has 0 aromatic carbocycles. The summed E-state index contributed by atoms with van der Waals surface area (Å²) in [6, 6.07) is 2.93. The van der Waals surface area contributed by atoms with Crippen molar-refractivity contribution in [1.82, 2.24) is 9.88 Å². The minimum Gasteiger partial charge on any atom is -0.374 e. The third-order valence-electron chi connectivity index (χ3n) is 3.18. The second kappa shape index (κ2) is 5.69. The molecule has 1 saturated heterocycles. The van der Waals surface area contributed by atoms with Gasteiger partial charge in [0, 0.05) is 25.0 Å². The molecule has 6 nitrogen and oxygen atoms in total. The molecule has 2 rings (SSSR count). The molecule has 3 N–H and O–H groups in total. The Morgan fingerprint density at radius 3 is 2.74 bits per heavy atom. The van der Waals surface area contributed by atoms with E-state index in [0.717, 1.165) is 25.9 Å². The third-order valence-corrected chi connectivity index (χ3v) is 3.18. The van der Waals surface area contributed by atoms with Crippen LogP contribution in [0.1, 0.15) is 30.3 Å². The number of aromatic nitrogens is 1. The maximum absolute atomic E-state index is 12.1. The first-order chi connectivity index (χ1) is 9.08. The summed E-state index contributed by atoms with van der Waals surface area (Å²) >= 11 is 0. The highest BCUT2D eigenvalue weighted by Crippen LogP contribution is 2.13. The molecular weight excluding hydrogens is 244 g/mol. The lowest BCUT2D eigenvalue weighted by Crippen LogP contribution is -2.39. The third kappa shape index (κ3) is 3.21. The van der Waals surface area contributed by atoms with Crippen LogP contribution in [0.5, 0.6) is 0 Å². The van der Waals surface area contributed by atoms with Gasteiger partial charge in [0.15, 0.2) is 0 Å². The lowest BCUT2D eigenvalue weighted by Gasteiger charge is -2.21. The van der Waals surface area contributed by atoms with Crippen molar-refractivity contribution < 1.29 is 9.59 Å². The first kappa shape index (κ1) is 13.3.